The molecule has 1 atom stereocenters. The minimum absolute atomic E-state index is 0.121. The van der Waals surface area contributed by atoms with Gasteiger partial charge in [-0.1, -0.05) is 26.0 Å². The predicted octanol–water partition coefficient (Wildman–Crippen LogP) is 3.68. The van der Waals surface area contributed by atoms with E-state index in [0.29, 0.717) is 38.5 Å². The van der Waals surface area contributed by atoms with Crippen LogP contribution in [0, 0.1) is 11.8 Å². The molecule has 0 spiro atoms. The first-order chi connectivity index (χ1) is 12.4. The summed E-state index contributed by atoms with van der Waals surface area (Å²) in [5.74, 6) is 0.350. The van der Waals surface area contributed by atoms with Crippen molar-refractivity contribution in [3.63, 3.8) is 0 Å². The van der Waals surface area contributed by atoms with Gasteiger partial charge in [0.2, 0.25) is 0 Å². The number of carboxylic acid groups (broad SMARTS) is 1. The van der Waals surface area contributed by atoms with E-state index in [1.165, 1.54) is 0 Å². The number of carboxylic acids is 1. The van der Waals surface area contributed by atoms with Gasteiger partial charge in [0.05, 0.1) is 18.6 Å². The van der Waals surface area contributed by atoms with Gasteiger partial charge in [-0.05, 0) is 49.8 Å². The molecular weight excluding hydrogens is 332 g/mol. The minimum atomic E-state index is -0.769. The SMILES string of the molecule is CC(C)CCOc1ccc(C(C)NC(=O)N2CCC(C(=O)O)CC2)cc1. The number of amides is 2. The van der Waals surface area contributed by atoms with Gasteiger partial charge in [0.15, 0.2) is 0 Å². The van der Waals surface area contributed by atoms with Crippen LogP contribution in [0.2, 0.25) is 0 Å². The summed E-state index contributed by atoms with van der Waals surface area (Å²) >= 11 is 0. The fourth-order valence-electron chi connectivity index (χ4n) is 2.95. The van der Waals surface area contributed by atoms with Crippen LogP contribution in [0.25, 0.3) is 0 Å². The second-order valence-corrected chi connectivity index (χ2v) is 7.37. The Kier molecular flexibility index (Phi) is 7.30. The molecule has 144 valence electrons. The molecule has 0 radical (unpaired) electrons. The lowest BCUT2D eigenvalue weighted by molar-refractivity contribution is -0.143. The first-order valence-corrected chi connectivity index (χ1v) is 9.37. The molecular formula is C20H30N2O4. The van der Waals surface area contributed by atoms with E-state index in [2.05, 4.69) is 19.2 Å². The summed E-state index contributed by atoms with van der Waals surface area (Å²) in [6.45, 7) is 7.95. The van der Waals surface area contributed by atoms with E-state index in [-0.39, 0.29) is 18.0 Å². The number of hydrogen-bond donors (Lipinski definition) is 2. The molecule has 0 saturated carbocycles. The third kappa shape index (κ3) is 5.93. The summed E-state index contributed by atoms with van der Waals surface area (Å²) in [6, 6.07) is 7.52. The van der Waals surface area contributed by atoms with Gasteiger partial charge in [-0.15, -0.1) is 0 Å². The number of urea groups is 1. The van der Waals surface area contributed by atoms with Crippen molar-refractivity contribution in [1.29, 1.82) is 0 Å². The molecule has 1 aromatic carbocycles. The van der Waals surface area contributed by atoms with E-state index in [9.17, 15) is 9.59 Å². The van der Waals surface area contributed by atoms with E-state index in [0.717, 1.165) is 17.7 Å². The number of carbonyl (C=O) groups is 2. The first kappa shape index (κ1) is 20.1. The van der Waals surface area contributed by atoms with Crippen LogP contribution < -0.4 is 10.1 Å². The van der Waals surface area contributed by atoms with Crippen molar-refractivity contribution < 1.29 is 19.4 Å². The van der Waals surface area contributed by atoms with Gasteiger partial charge >= 0.3 is 12.0 Å². The number of nitrogens with zero attached hydrogens (tertiary/aromatic N) is 1. The lowest BCUT2D eigenvalue weighted by Gasteiger charge is -2.31. The average Bonchev–Trinajstić information content (AvgIpc) is 2.62. The third-order valence-electron chi connectivity index (χ3n) is 4.82. The van der Waals surface area contributed by atoms with Crippen LogP contribution in [0.3, 0.4) is 0 Å². The molecule has 0 aromatic heterocycles. The number of rotatable bonds is 7. The Morgan fingerprint density at radius 2 is 1.81 bits per heavy atom. The van der Waals surface area contributed by atoms with Crippen LogP contribution in [-0.2, 0) is 4.79 Å². The van der Waals surface area contributed by atoms with Crippen LogP contribution in [0.4, 0.5) is 4.79 Å². The summed E-state index contributed by atoms with van der Waals surface area (Å²) in [7, 11) is 0. The van der Waals surface area contributed by atoms with E-state index in [1.807, 2.05) is 31.2 Å². The molecule has 2 amide bonds. The predicted molar refractivity (Wildman–Crippen MR) is 100 cm³/mol. The van der Waals surface area contributed by atoms with E-state index in [4.69, 9.17) is 9.84 Å². The highest BCUT2D eigenvalue weighted by molar-refractivity contribution is 5.75. The lowest BCUT2D eigenvalue weighted by atomic mass is 9.97. The summed E-state index contributed by atoms with van der Waals surface area (Å²) < 4.78 is 5.71. The molecule has 6 heteroatoms. The lowest BCUT2D eigenvalue weighted by Crippen LogP contribution is -2.46. The summed E-state index contributed by atoms with van der Waals surface area (Å²) in [6.07, 6.45) is 2.05. The fraction of sp³-hybridized carbons (Fsp3) is 0.600. The van der Waals surface area contributed by atoms with Gasteiger partial charge in [0.1, 0.15) is 5.75 Å². The highest BCUT2D eigenvalue weighted by Gasteiger charge is 2.27. The second kappa shape index (κ2) is 9.46. The number of aliphatic carboxylic acids is 1. The van der Waals surface area contributed by atoms with Crippen molar-refractivity contribution in [2.24, 2.45) is 11.8 Å². The Morgan fingerprint density at radius 3 is 2.35 bits per heavy atom. The van der Waals surface area contributed by atoms with Gasteiger partial charge in [-0.3, -0.25) is 4.79 Å². The van der Waals surface area contributed by atoms with E-state index in [1.54, 1.807) is 4.90 Å². The van der Waals surface area contributed by atoms with Crippen molar-refractivity contribution >= 4 is 12.0 Å². The number of piperidine rings is 1. The Morgan fingerprint density at radius 1 is 1.19 bits per heavy atom. The summed E-state index contributed by atoms with van der Waals surface area (Å²) in [4.78, 5) is 25.1. The van der Waals surface area contributed by atoms with E-state index >= 15 is 0 Å². The molecule has 0 aliphatic carbocycles. The smallest absolute Gasteiger partial charge is 0.317 e. The van der Waals surface area contributed by atoms with Crippen LogP contribution in [0.15, 0.2) is 24.3 Å². The van der Waals surface area contributed by atoms with Crippen molar-refractivity contribution in [3.05, 3.63) is 29.8 Å². The Hall–Kier alpha value is -2.24. The molecule has 1 aliphatic heterocycles. The zero-order valence-corrected chi connectivity index (χ0v) is 15.9. The molecule has 2 rings (SSSR count). The number of likely N-dealkylation sites (tertiary alicyclic amines) is 1. The number of carbonyl (C=O) groups excluding carboxylic acids is 1. The van der Waals surface area contributed by atoms with Crippen molar-refractivity contribution in [2.75, 3.05) is 19.7 Å². The molecule has 1 aliphatic rings. The second-order valence-electron chi connectivity index (χ2n) is 7.37. The Labute approximate surface area is 155 Å². The number of hydrogen-bond acceptors (Lipinski definition) is 3. The normalized spacial score (nSPS) is 16.4. The Balaban J connectivity index is 1.80. The molecule has 26 heavy (non-hydrogen) atoms. The molecule has 0 bridgehead atoms. The fourth-order valence-corrected chi connectivity index (χ4v) is 2.95. The van der Waals surface area contributed by atoms with Crippen molar-refractivity contribution in [2.45, 2.75) is 46.1 Å². The highest BCUT2D eigenvalue weighted by atomic mass is 16.5. The van der Waals surface area contributed by atoms with Gasteiger partial charge in [0, 0.05) is 13.1 Å². The molecule has 1 aromatic rings. The third-order valence-corrected chi connectivity index (χ3v) is 4.82. The maximum absolute atomic E-state index is 12.4. The highest BCUT2D eigenvalue weighted by Crippen LogP contribution is 2.20. The number of benzene rings is 1. The van der Waals surface area contributed by atoms with Crippen molar-refractivity contribution in [1.82, 2.24) is 10.2 Å². The quantitative estimate of drug-likeness (QED) is 0.775. The van der Waals surface area contributed by atoms with Crippen LogP contribution >= 0.6 is 0 Å². The van der Waals surface area contributed by atoms with Gasteiger partial charge in [-0.25, -0.2) is 4.79 Å². The largest absolute Gasteiger partial charge is 0.494 e. The number of ether oxygens (including phenoxy) is 1. The molecule has 1 unspecified atom stereocenters. The molecule has 1 saturated heterocycles. The summed E-state index contributed by atoms with van der Waals surface area (Å²) in [5, 5.41) is 12.0. The minimum Gasteiger partial charge on any atom is -0.494 e. The average molecular weight is 362 g/mol. The zero-order chi connectivity index (χ0) is 19.1. The molecule has 6 nitrogen and oxygen atoms in total. The number of nitrogens with one attached hydrogen (secondary N) is 1. The van der Waals surface area contributed by atoms with Crippen LogP contribution in [-0.4, -0.2) is 41.7 Å². The molecule has 2 N–H and O–H groups in total. The van der Waals surface area contributed by atoms with Gasteiger partial charge in [-0.2, -0.15) is 0 Å². The van der Waals surface area contributed by atoms with Crippen LogP contribution in [0.5, 0.6) is 5.75 Å². The zero-order valence-electron chi connectivity index (χ0n) is 15.9. The maximum Gasteiger partial charge on any atom is 0.317 e. The Bertz CT molecular complexity index is 592. The van der Waals surface area contributed by atoms with Crippen LogP contribution in [0.1, 0.15) is 51.6 Å². The standard InChI is InChI=1S/C20H30N2O4/c1-14(2)10-13-26-18-6-4-16(5-7-18)15(3)21-20(25)22-11-8-17(9-12-22)19(23)24/h4-7,14-15,17H,8-13H2,1-3H3,(H,21,25)(H,23,24). The van der Waals surface area contributed by atoms with Gasteiger partial charge < -0.3 is 20.1 Å². The monoisotopic (exact) mass is 362 g/mol. The van der Waals surface area contributed by atoms with Gasteiger partial charge in [0.25, 0.3) is 0 Å². The van der Waals surface area contributed by atoms with Crippen molar-refractivity contribution in [3.8, 4) is 5.75 Å². The topological polar surface area (TPSA) is 78.9 Å². The summed E-state index contributed by atoms with van der Waals surface area (Å²) in [5.41, 5.74) is 1.01. The first-order valence-electron chi connectivity index (χ1n) is 9.37. The van der Waals surface area contributed by atoms with E-state index < -0.39 is 5.97 Å². The maximum atomic E-state index is 12.4. The molecule has 1 fully saturated rings. The molecule has 1 heterocycles.